The Morgan fingerprint density at radius 2 is 2.05 bits per heavy atom. The number of nitrogens with zero attached hydrogens (tertiary/aromatic N) is 4. The normalized spacial score (nSPS) is 19.3. The van der Waals surface area contributed by atoms with Crippen LogP contribution in [-0.2, 0) is 14.4 Å². The molecule has 0 unspecified atom stereocenters. The van der Waals surface area contributed by atoms with Crippen LogP contribution in [0.4, 0.5) is 24.7 Å². The summed E-state index contributed by atoms with van der Waals surface area (Å²) < 4.78 is 41.8. The van der Waals surface area contributed by atoms with E-state index in [1.54, 1.807) is 19.1 Å². The molecule has 2 fully saturated rings. The van der Waals surface area contributed by atoms with Gasteiger partial charge < -0.3 is 5.32 Å². The fraction of sp³-hybridized carbons (Fsp3) is 0.323. The molecule has 1 aliphatic carbocycles. The first-order valence-corrected chi connectivity index (χ1v) is 14.0. The standard InChI is InChI=1S/C31H29ClF3N5O3/c1-3-4-9-24(32)19(2)28(29(42)38-22-16-31(34,35)17-22)39(23-8-5-7-21(33)15-23)30(43)25-10-6-11-27(41)40(25)26-14-20(18-36)12-13-37-26/h3-5,7-9,12-15,22,25,28H,2,6,10-11,16-17H2,1H3,(H,38,42)/b4-3-,24-9+/t25-,28-/m0/s1. The molecule has 8 nitrogen and oxygen atoms in total. The molecule has 1 aromatic heterocycles. The van der Waals surface area contributed by atoms with Crippen LogP contribution in [0.1, 0.15) is 44.6 Å². The third-order valence-electron chi connectivity index (χ3n) is 7.19. The number of carbonyl (C=O) groups is 3. The Balaban J connectivity index is 1.83. The van der Waals surface area contributed by atoms with Gasteiger partial charge in [0.25, 0.3) is 11.8 Å². The molecule has 43 heavy (non-hydrogen) atoms. The highest BCUT2D eigenvalue weighted by molar-refractivity contribution is 6.32. The lowest BCUT2D eigenvalue weighted by Crippen LogP contribution is -2.61. The Morgan fingerprint density at radius 1 is 1.30 bits per heavy atom. The van der Waals surface area contributed by atoms with Crippen molar-refractivity contribution >= 4 is 40.8 Å². The van der Waals surface area contributed by atoms with Gasteiger partial charge >= 0.3 is 0 Å². The van der Waals surface area contributed by atoms with Gasteiger partial charge in [0, 0.05) is 42.2 Å². The third kappa shape index (κ3) is 7.14. The zero-order valence-electron chi connectivity index (χ0n) is 23.3. The number of allylic oxidation sites excluding steroid dienone is 3. The van der Waals surface area contributed by atoms with E-state index in [0.29, 0.717) is 6.42 Å². The van der Waals surface area contributed by atoms with Crippen molar-refractivity contribution in [1.29, 1.82) is 5.26 Å². The number of halogens is 4. The van der Waals surface area contributed by atoms with E-state index in [4.69, 9.17) is 11.6 Å². The van der Waals surface area contributed by atoms with Crippen molar-refractivity contribution in [2.24, 2.45) is 0 Å². The lowest BCUT2D eigenvalue weighted by Gasteiger charge is -2.41. The number of nitriles is 1. The second-order valence-corrected chi connectivity index (χ2v) is 10.7. The minimum atomic E-state index is -2.93. The molecule has 1 saturated heterocycles. The van der Waals surface area contributed by atoms with Crippen LogP contribution in [0.15, 0.2) is 78.0 Å². The first-order valence-electron chi connectivity index (χ1n) is 13.6. The number of aromatic nitrogens is 1. The predicted octanol–water partition coefficient (Wildman–Crippen LogP) is 5.55. The number of rotatable bonds is 9. The van der Waals surface area contributed by atoms with Crippen LogP contribution in [0.2, 0.25) is 0 Å². The van der Waals surface area contributed by atoms with Crippen LogP contribution in [0.25, 0.3) is 0 Å². The van der Waals surface area contributed by atoms with Crippen LogP contribution in [0.3, 0.4) is 0 Å². The summed E-state index contributed by atoms with van der Waals surface area (Å²) in [6, 6.07) is 6.04. The maximum absolute atomic E-state index is 14.6. The lowest BCUT2D eigenvalue weighted by atomic mass is 9.87. The van der Waals surface area contributed by atoms with Gasteiger partial charge in [-0.05, 0) is 61.7 Å². The quantitative estimate of drug-likeness (QED) is 0.374. The van der Waals surface area contributed by atoms with E-state index in [9.17, 15) is 32.8 Å². The number of anilines is 2. The van der Waals surface area contributed by atoms with E-state index in [2.05, 4.69) is 16.9 Å². The molecule has 0 bridgehead atoms. The highest BCUT2D eigenvalue weighted by atomic mass is 35.5. The molecule has 1 aromatic carbocycles. The van der Waals surface area contributed by atoms with Crippen molar-refractivity contribution in [2.45, 2.75) is 63.1 Å². The monoisotopic (exact) mass is 611 g/mol. The summed E-state index contributed by atoms with van der Waals surface area (Å²) in [6.45, 7) is 5.69. The summed E-state index contributed by atoms with van der Waals surface area (Å²) in [5, 5.41) is 11.9. The number of hydrogen-bond acceptors (Lipinski definition) is 5. The van der Waals surface area contributed by atoms with E-state index >= 15 is 0 Å². The molecule has 2 aromatic rings. The molecule has 2 aliphatic rings. The number of hydrogen-bond donors (Lipinski definition) is 1. The van der Waals surface area contributed by atoms with Gasteiger partial charge in [-0.2, -0.15) is 5.26 Å². The Kier molecular flexibility index (Phi) is 9.71. The SMILES string of the molecule is C=C(/C(Cl)=C\C=C/C)[C@@H](C(=O)NC1CC(F)(F)C1)N(C(=O)[C@@H]1CCCC(=O)N1c1cc(C#N)ccn1)c1cccc(F)c1. The first-order chi connectivity index (χ1) is 20.5. The molecule has 0 radical (unpaired) electrons. The second kappa shape index (κ2) is 13.3. The fourth-order valence-corrected chi connectivity index (χ4v) is 5.27. The minimum absolute atomic E-state index is 0.00800. The predicted molar refractivity (Wildman–Crippen MR) is 156 cm³/mol. The van der Waals surface area contributed by atoms with Crippen molar-refractivity contribution < 1.29 is 27.6 Å². The highest BCUT2D eigenvalue weighted by Gasteiger charge is 2.48. The number of pyridine rings is 1. The van der Waals surface area contributed by atoms with Gasteiger partial charge in [0.2, 0.25) is 11.8 Å². The van der Waals surface area contributed by atoms with Gasteiger partial charge in [0.1, 0.15) is 23.7 Å². The average molecular weight is 612 g/mol. The number of amides is 3. The van der Waals surface area contributed by atoms with Gasteiger partial charge in [-0.1, -0.05) is 36.4 Å². The third-order valence-corrected chi connectivity index (χ3v) is 7.56. The summed E-state index contributed by atoms with van der Waals surface area (Å²) >= 11 is 6.51. The summed E-state index contributed by atoms with van der Waals surface area (Å²) in [5.41, 5.74) is 0.108. The summed E-state index contributed by atoms with van der Waals surface area (Å²) in [4.78, 5) is 48.0. The number of nitrogens with one attached hydrogen (secondary N) is 1. The Morgan fingerprint density at radius 3 is 2.70 bits per heavy atom. The molecule has 1 aliphatic heterocycles. The Hall–Kier alpha value is -4.43. The van der Waals surface area contributed by atoms with Crippen molar-refractivity contribution in [2.75, 3.05) is 9.80 Å². The number of benzene rings is 1. The zero-order chi connectivity index (χ0) is 31.3. The topological polar surface area (TPSA) is 106 Å². The van der Waals surface area contributed by atoms with Crippen LogP contribution in [0.5, 0.6) is 0 Å². The first kappa shape index (κ1) is 31.5. The summed E-state index contributed by atoms with van der Waals surface area (Å²) in [5.74, 6) is -5.65. The van der Waals surface area contributed by atoms with Gasteiger partial charge in [-0.25, -0.2) is 18.2 Å². The van der Waals surface area contributed by atoms with Gasteiger partial charge in [-0.3, -0.25) is 24.2 Å². The number of piperidine rings is 1. The van der Waals surface area contributed by atoms with Crippen molar-refractivity contribution in [3.63, 3.8) is 0 Å². The molecule has 3 amide bonds. The van der Waals surface area contributed by atoms with Crippen molar-refractivity contribution in [1.82, 2.24) is 10.3 Å². The van der Waals surface area contributed by atoms with Gasteiger partial charge in [-0.15, -0.1) is 0 Å². The molecule has 2 atom stereocenters. The van der Waals surface area contributed by atoms with Crippen molar-refractivity contribution in [3.05, 3.63) is 89.4 Å². The molecular weight excluding hydrogens is 583 g/mol. The second-order valence-electron chi connectivity index (χ2n) is 10.3. The van der Waals surface area contributed by atoms with E-state index in [-0.39, 0.29) is 40.5 Å². The van der Waals surface area contributed by atoms with Gasteiger partial charge in [0.15, 0.2) is 0 Å². The van der Waals surface area contributed by atoms with E-state index in [0.717, 1.165) is 17.0 Å². The summed E-state index contributed by atoms with van der Waals surface area (Å²) in [7, 11) is 0. The Bertz CT molecular complexity index is 1530. The van der Waals surface area contributed by atoms with Gasteiger partial charge in [0.05, 0.1) is 11.6 Å². The average Bonchev–Trinajstić information content (AvgIpc) is 2.96. The molecule has 2 heterocycles. The van der Waals surface area contributed by atoms with E-state index < -0.39 is 60.4 Å². The largest absolute Gasteiger partial charge is 0.351 e. The fourth-order valence-electron chi connectivity index (χ4n) is 5.09. The zero-order valence-corrected chi connectivity index (χ0v) is 24.0. The number of alkyl halides is 2. The summed E-state index contributed by atoms with van der Waals surface area (Å²) in [6.07, 6.45) is 5.46. The van der Waals surface area contributed by atoms with Crippen LogP contribution in [0, 0.1) is 17.1 Å². The maximum Gasteiger partial charge on any atom is 0.252 e. The van der Waals surface area contributed by atoms with E-state index in [1.165, 1.54) is 41.4 Å². The molecular formula is C31H29ClF3N5O3. The smallest absolute Gasteiger partial charge is 0.252 e. The number of carbonyl (C=O) groups excluding carboxylic acids is 3. The molecule has 1 N–H and O–H groups in total. The molecule has 1 saturated carbocycles. The maximum atomic E-state index is 14.6. The minimum Gasteiger partial charge on any atom is -0.351 e. The Labute approximate surface area is 252 Å². The molecule has 224 valence electrons. The molecule has 0 spiro atoms. The van der Waals surface area contributed by atoms with Crippen LogP contribution < -0.4 is 15.1 Å². The lowest BCUT2D eigenvalue weighted by molar-refractivity contribution is -0.132. The molecule has 4 rings (SSSR count). The van der Waals surface area contributed by atoms with Crippen LogP contribution >= 0.6 is 11.6 Å². The van der Waals surface area contributed by atoms with Crippen LogP contribution in [-0.4, -0.2) is 46.8 Å². The van der Waals surface area contributed by atoms with Crippen molar-refractivity contribution in [3.8, 4) is 6.07 Å². The highest BCUT2D eigenvalue weighted by Crippen LogP contribution is 2.38. The molecule has 12 heteroatoms. The van der Waals surface area contributed by atoms with E-state index in [1.807, 2.05) is 6.07 Å².